The van der Waals surface area contributed by atoms with Crippen molar-refractivity contribution in [3.63, 3.8) is 0 Å². The lowest BCUT2D eigenvalue weighted by molar-refractivity contribution is -0.109. The molecule has 8 heavy (non-hydrogen) atoms. The Morgan fingerprint density at radius 2 is 2.38 bits per heavy atom. The minimum atomic E-state index is -0.602. The first-order chi connectivity index (χ1) is 3.85. The van der Waals surface area contributed by atoms with Gasteiger partial charge in [-0.3, -0.25) is 0 Å². The highest BCUT2D eigenvalue weighted by Crippen LogP contribution is 1.65. The maximum atomic E-state index is 9.81. The van der Waals surface area contributed by atoms with E-state index in [1.807, 2.05) is 0 Å². The Kier molecular flexibility index (Phi) is 4.58. The van der Waals surface area contributed by atoms with Gasteiger partial charge in [0.2, 0.25) is 0 Å². The van der Waals surface area contributed by atoms with Crippen LogP contribution < -0.4 is 11.0 Å². The third-order valence-corrected chi connectivity index (χ3v) is 0.818. The number of hydrogen-bond donors (Lipinski definition) is 3. The lowest BCUT2D eigenvalue weighted by Gasteiger charge is -2.00. The van der Waals surface area contributed by atoms with Gasteiger partial charge in [0.25, 0.3) is 0 Å². The zero-order valence-corrected chi connectivity index (χ0v) is 4.81. The second-order valence-corrected chi connectivity index (χ2v) is 1.33. The number of aldehydes is 1. The van der Waals surface area contributed by atoms with Gasteiger partial charge in [0.1, 0.15) is 12.3 Å². The van der Waals surface area contributed by atoms with E-state index in [9.17, 15) is 4.79 Å². The van der Waals surface area contributed by atoms with Gasteiger partial charge in [-0.1, -0.05) is 12.2 Å². The Labute approximate surface area is 51.8 Å². The van der Waals surface area contributed by atoms with Crippen LogP contribution in [0.5, 0.6) is 0 Å². The van der Waals surface area contributed by atoms with Gasteiger partial charge in [-0.05, 0) is 0 Å². The minimum absolute atomic E-state index is 0.566. The quantitative estimate of drug-likeness (QED) is 0.262. The van der Waals surface area contributed by atoms with Crippen molar-refractivity contribution in [2.24, 2.45) is 0 Å². The molecule has 0 aromatic rings. The highest BCUT2D eigenvalue weighted by Gasteiger charge is 1.96. The first-order valence-corrected chi connectivity index (χ1v) is 2.37. The molecule has 0 radical (unpaired) electrons. The van der Waals surface area contributed by atoms with Crippen molar-refractivity contribution >= 4 is 23.9 Å². The summed E-state index contributed by atoms with van der Waals surface area (Å²) in [7, 11) is 0. The highest BCUT2D eigenvalue weighted by atomic mass is 32.1. The molecular formula is C3H6N2O2S. The van der Waals surface area contributed by atoms with E-state index in [2.05, 4.69) is 17.6 Å². The van der Waals surface area contributed by atoms with Crippen molar-refractivity contribution in [1.82, 2.24) is 11.0 Å². The van der Waals surface area contributed by atoms with Crippen LogP contribution in [-0.2, 0) is 4.79 Å². The molecule has 0 aliphatic carbocycles. The van der Waals surface area contributed by atoms with Gasteiger partial charge in [-0.2, -0.15) is 0 Å². The molecule has 5 heteroatoms. The van der Waals surface area contributed by atoms with Crippen molar-refractivity contribution in [2.45, 2.75) is 6.04 Å². The fraction of sp³-hybridized carbons (Fsp3) is 0.333. The van der Waals surface area contributed by atoms with Crippen molar-refractivity contribution in [3.8, 4) is 0 Å². The zero-order chi connectivity index (χ0) is 6.41. The molecule has 0 unspecified atom stereocenters. The Morgan fingerprint density at radius 3 is 2.50 bits per heavy atom. The van der Waals surface area contributed by atoms with E-state index in [1.54, 1.807) is 5.59 Å². The van der Waals surface area contributed by atoms with E-state index < -0.39 is 6.04 Å². The Balaban J connectivity index is 3.35. The molecule has 0 aromatic carbocycles. The van der Waals surface area contributed by atoms with Gasteiger partial charge in [-0.15, -0.1) is 5.59 Å². The van der Waals surface area contributed by atoms with Crippen molar-refractivity contribution < 1.29 is 10.0 Å². The average Bonchev–Trinajstić information content (AvgIpc) is 1.83. The first-order valence-electron chi connectivity index (χ1n) is 1.90. The normalized spacial score (nSPS) is 12.6. The van der Waals surface area contributed by atoms with Gasteiger partial charge in [0.05, 0.1) is 0 Å². The van der Waals surface area contributed by atoms with Crippen LogP contribution in [0.4, 0.5) is 0 Å². The summed E-state index contributed by atoms with van der Waals surface area (Å²) in [4.78, 5) is 9.81. The van der Waals surface area contributed by atoms with E-state index in [1.165, 1.54) is 5.37 Å². The summed E-state index contributed by atoms with van der Waals surface area (Å²) in [6.45, 7) is 0. The molecule has 0 fully saturated rings. The molecule has 4 nitrogen and oxygen atoms in total. The molecule has 0 aromatic heterocycles. The van der Waals surface area contributed by atoms with Crippen molar-refractivity contribution in [2.75, 3.05) is 0 Å². The fourth-order valence-electron chi connectivity index (χ4n) is 0.175. The van der Waals surface area contributed by atoms with E-state index in [0.29, 0.717) is 6.29 Å². The summed E-state index contributed by atoms with van der Waals surface area (Å²) in [5.74, 6) is 0. The second kappa shape index (κ2) is 4.79. The lowest BCUT2D eigenvalue weighted by Crippen LogP contribution is -2.40. The van der Waals surface area contributed by atoms with Crippen LogP contribution in [0, 0.1) is 0 Å². The van der Waals surface area contributed by atoms with Crippen LogP contribution in [0.25, 0.3) is 0 Å². The molecular weight excluding hydrogens is 128 g/mol. The number of carbonyl (C=O) groups excluding carboxylic acids is 1. The van der Waals surface area contributed by atoms with Crippen LogP contribution in [0.2, 0.25) is 0 Å². The standard InChI is InChI=1S/C3H6N2O2S/c6-1-3(2-8)4-5-7/h1-5,7H/t3-/m0/s1. The average molecular weight is 134 g/mol. The van der Waals surface area contributed by atoms with Crippen LogP contribution >= 0.6 is 12.2 Å². The second-order valence-electron chi connectivity index (χ2n) is 1.05. The number of carbonyl (C=O) groups is 1. The Hall–Kier alpha value is -0.360. The smallest absolute Gasteiger partial charge is 0.143 e. The SMILES string of the molecule is O=C[C@@H](C=S)NNO. The van der Waals surface area contributed by atoms with Crippen molar-refractivity contribution in [3.05, 3.63) is 0 Å². The molecule has 0 amide bonds. The van der Waals surface area contributed by atoms with Crippen LogP contribution in [0.15, 0.2) is 0 Å². The Morgan fingerprint density at radius 1 is 1.75 bits per heavy atom. The monoisotopic (exact) mass is 134 g/mol. The zero-order valence-electron chi connectivity index (χ0n) is 4.00. The van der Waals surface area contributed by atoms with Gasteiger partial charge in [0, 0.05) is 5.37 Å². The number of hydrogen-bond acceptors (Lipinski definition) is 5. The number of hydrazine groups is 1. The van der Waals surface area contributed by atoms with E-state index in [-0.39, 0.29) is 0 Å². The maximum Gasteiger partial charge on any atom is 0.143 e. The van der Waals surface area contributed by atoms with Crippen LogP contribution in [0.3, 0.4) is 0 Å². The van der Waals surface area contributed by atoms with Gasteiger partial charge < -0.3 is 10.0 Å². The molecule has 3 N–H and O–H groups in total. The topological polar surface area (TPSA) is 61.4 Å². The third kappa shape index (κ3) is 2.75. The van der Waals surface area contributed by atoms with E-state index >= 15 is 0 Å². The lowest BCUT2D eigenvalue weighted by atomic mass is 10.4. The summed E-state index contributed by atoms with van der Waals surface area (Å²) in [6.07, 6.45) is 0.566. The van der Waals surface area contributed by atoms with Gasteiger partial charge >= 0.3 is 0 Å². The Bertz CT molecular complexity index is 79.4. The summed E-state index contributed by atoms with van der Waals surface area (Å²) < 4.78 is 0. The summed E-state index contributed by atoms with van der Waals surface area (Å²) in [6, 6.07) is -0.602. The molecule has 0 aliphatic rings. The highest BCUT2D eigenvalue weighted by molar-refractivity contribution is 7.79. The minimum Gasteiger partial charge on any atom is -0.302 e. The number of nitrogens with one attached hydrogen (secondary N) is 2. The molecule has 0 saturated heterocycles. The molecule has 0 rings (SSSR count). The van der Waals surface area contributed by atoms with Gasteiger partial charge in [0.15, 0.2) is 0 Å². The fourth-order valence-corrected chi connectivity index (χ4v) is 0.307. The maximum absolute atomic E-state index is 9.81. The van der Waals surface area contributed by atoms with E-state index in [4.69, 9.17) is 5.21 Å². The number of thiocarbonyl (C=S) groups is 1. The predicted octanol–water partition coefficient (Wildman–Crippen LogP) is -0.963. The molecule has 0 bridgehead atoms. The summed E-state index contributed by atoms with van der Waals surface area (Å²) >= 11 is 4.37. The molecule has 0 heterocycles. The van der Waals surface area contributed by atoms with Crippen LogP contribution in [0.1, 0.15) is 0 Å². The largest absolute Gasteiger partial charge is 0.302 e. The molecule has 0 aliphatic heterocycles. The predicted molar refractivity (Wildman–Crippen MR) is 31.6 cm³/mol. The van der Waals surface area contributed by atoms with Crippen molar-refractivity contribution in [1.29, 1.82) is 0 Å². The molecule has 1 atom stereocenters. The summed E-state index contributed by atoms with van der Waals surface area (Å²) in [5.41, 5.74) is 3.75. The molecule has 46 valence electrons. The first kappa shape index (κ1) is 7.64. The third-order valence-electron chi connectivity index (χ3n) is 0.524. The summed E-state index contributed by atoms with van der Waals surface area (Å²) in [5, 5.41) is 9.10. The van der Waals surface area contributed by atoms with E-state index in [0.717, 1.165) is 0 Å². The number of rotatable bonds is 4. The molecule has 0 saturated carbocycles. The molecule has 0 spiro atoms. The van der Waals surface area contributed by atoms with Crippen LogP contribution in [-0.4, -0.2) is 22.9 Å². The van der Waals surface area contributed by atoms with Gasteiger partial charge in [-0.25, -0.2) is 5.43 Å².